The highest BCUT2D eigenvalue weighted by Gasteiger charge is 2.14. The molecule has 3 aromatic carbocycles. The smallest absolute Gasteiger partial charge is 0.210 e. The van der Waals surface area contributed by atoms with Crippen LogP contribution in [0.1, 0.15) is 11.8 Å². The highest BCUT2D eigenvalue weighted by molar-refractivity contribution is 7.15. The number of thiazole rings is 1. The van der Waals surface area contributed by atoms with Crippen LogP contribution in [0.2, 0.25) is 0 Å². The lowest BCUT2D eigenvalue weighted by atomic mass is 10.1. The molecule has 38 heavy (non-hydrogen) atoms. The number of ether oxygens (including phenoxy) is 4. The van der Waals surface area contributed by atoms with Gasteiger partial charge in [0, 0.05) is 27.5 Å². The zero-order chi connectivity index (χ0) is 26.6. The van der Waals surface area contributed by atoms with E-state index >= 15 is 0 Å². The number of aromatic nitrogens is 1. The minimum atomic E-state index is 0.569. The molecule has 0 bridgehead atoms. The topological polar surface area (TPSA) is 75.3 Å². The molecule has 0 spiro atoms. The highest BCUT2D eigenvalue weighted by atomic mass is 32.1. The van der Waals surface area contributed by atoms with Crippen molar-refractivity contribution < 1.29 is 23.4 Å². The van der Waals surface area contributed by atoms with Gasteiger partial charge in [-0.05, 0) is 74.5 Å². The van der Waals surface area contributed by atoms with E-state index in [1.165, 1.54) is 11.3 Å². The molecule has 0 amide bonds. The molecule has 0 aliphatic carbocycles. The van der Waals surface area contributed by atoms with Gasteiger partial charge in [0.25, 0.3) is 0 Å². The molecule has 0 saturated heterocycles. The number of benzene rings is 3. The molecule has 0 unspecified atom stereocenters. The molecule has 5 rings (SSSR count). The van der Waals surface area contributed by atoms with Crippen LogP contribution in [-0.4, -0.2) is 32.9 Å². The molecular formula is C30H28N2O5S. The van der Waals surface area contributed by atoms with Crippen molar-refractivity contribution in [2.24, 2.45) is 4.99 Å². The second-order valence-corrected chi connectivity index (χ2v) is 9.58. The fourth-order valence-corrected chi connectivity index (χ4v) is 4.99. The third-order valence-electron chi connectivity index (χ3n) is 6.06. The van der Waals surface area contributed by atoms with Crippen molar-refractivity contribution in [2.75, 3.05) is 27.9 Å². The summed E-state index contributed by atoms with van der Waals surface area (Å²) >= 11 is 1.53. The summed E-state index contributed by atoms with van der Waals surface area (Å²) < 4.78 is 28.2. The van der Waals surface area contributed by atoms with Crippen LogP contribution in [0.5, 0.6) is 23.0 Å². The van der Waals surface area contributed by atoms with Crippen molar-refractivity contribution >= 4 is 27.4 Å². The monoisotopic (exact) mass is 528 g/mol. The fourth-order valence-electron chi connectivity index (χ4n) is 4.18. The van der Waals surface area contributed by atoms with Crippen molar-refractivity contribution in [3.05, 3.63) is 77.0 Å². The Kier molecular flexibility index (Phi) is 7.33. The van der Waals surface area contributed by atoms with E-state index in [0.717, 1.165) is 43.9 Å². The maximum Gasteiger partial charge on any atom is 0.210 e. The molecule has 0 N–H and O–H groups in total. The molecule has 7 nitrogen and oxygen atoms in total. The molecule has 194 valence electrons. The van der Waals surface area contributed by atoms with E-state index in [-0.39, 0.29) is 0 Å². The van der Waals surface area contributed by atoms with Crippen molar-refractivity contribution in [2.45, 2.75) is 13.8 Å². The average molecular weight is 529 g/mol. The van der Waals surface area contributed by atoms with E-state index < -0.39 is 0 Å². The molecule has 0 radical (unpaired) electrons. The molecule has 0 atom stereocenters. The summed E-state index contributed by atoms with van der Waals surface area (Å²) in [5, 5.41) is 2.22. The highest BCUT2D eigenvalue weighted by Crippen LogP contribution is 2.37. The van der Waals surface area contributed by atoms with Gasteiger partial charge in [0.2, 0.25) is 5.13 Å². The van der Waals surface area contributed by atoms with Crippen molar-refractivity contribution in [1.29, 1.82) is 0 Å². The number of hydrogen-bond acceptors (Lipinski definition) is 8. The Balaban J connectivity index is 1.65. The van der Waals surface area contributed by atoms with Crippen LogP contribution >= 0.6 is 11.3 Å². The van der Waals surface area contributed by atoms with E-state index in [0.29, 0.717) is 34.6 Å². The summed E-state index contributed by atoms with van der Waals surface area (Å²) in [4.78, 5) is 10.9. The number of aryl methyl sites for hydroxylation is 1. The molecule has 0 fully saturated rings. The Morgan fingerprint density at radius 2 is 1.55 bits per heavy atom. The minimum absolute atomic E-state index is 0.569. The van der Waals surface area contributed by atoms with Crippen LogP contribution in [-0.2, 0) is 0 Å². The normalized spacial score (nSPS) is 11.6. The minimum Gasteiger partial charge on any atom is -0.497 e. The first-order valence-corrected chi connectivity index (χ1v) is 12.9. The zero-order valence-corrected chi connectivity index (χ0v) is 22.7. The average Bonchev–Trinajstić information content (AvgIpc) is 3.32. The summed E-state index contributed by atoms with van der Waals surface area (Å²) in [6, 6.07) is 21.2. The quantitative estimate of drug-likeness (QED) is 0.212. The number of rotatable bonds is 8. The van der Waals surface area contributed by atoms with Crippen molar-refractivity contribution in [1.82, 2.24) is 4.98 Å². The molecule has 0 aliphatic rings. The van der Waals surface area contributed by atoms with Crippen LogP contribution in [0.3, 0.4) is 0 Å². The van der Waals surface area contributed by atoms with Crippen molar-refractivity contribution in [3.8, 4) is 45.6 Å². The van der Waals surface area contributed by atoms with Gasteiger partial charge in [0.1, 0.15) is 22.8 Å². The number of nitrogens with zero attached hydrogens (tertiary/aromatic N) is 2. The van der Waals surface area contributed by atoms with Crippen molar-refractivity contribution in [3.63, 3.8) is 0 Å². The lowest BCUT2D eigenvalue weighted by molar-refractivity contribution is 0.340. The molecule has 0 saturated carbocycles. The Labute approximate surface area is 224 Å². The van der Waals surface area contributed by atoms with Gasteiger partial charge in [-0.3, -0.25) is 0 Å². The van der Waals surface area contributed by atoms with Crippen LogP contribution in [0, 0.1) is 6.92 Å². The molecule has 5 aromatic rings. The van der Waals surface area contributed by atoms with E-state index in [1.54, 1.807) is 21.3 Å². The maximum absolute atomic E-state index is 6.28. The SMILES string of the molecule is CCOc1ccc2oc(-c3ccc(OC)cc3)cc(=Nc3nc(-c4ccc(OC)c(OC)c4)c(C)s3)c2c1. The van der Waals surface area contributed by atoms with Gasteiger partial charge in [-0.25, -0.2) is 9.98 Å². The zero-order valence-electron chi connectivity index (χ0n) is 21.9. The van der Waals surface area contributed by atoms with Gasteiger partial charge in [-0.2, -0.15) is 0 Å². The lowest BCUT2D eigenvalue weighted by Crippen LogP contribution is -2.04. The summed E-state index contributed by atoms with van der Waals surface area (Å²) in [5.41, 5.74) is 3.40. The largest absolute Gasteiger partial charge is 0.497 e. The van der Waals surface area contributed by atoms with E-state index in [9.17, 15) is 0 Å². The molecule has 0 aliphatic heterocycles. The Bertz CT molecular complexity index is 1650. The van der Waals surface area contributed by atoms with Gasteiger partial charge >= 0.3 is 0 Å². The predicted molar refractivity (Wildman–Crippen MR) is 150 cm³/mol. The second kappa shape index (κ2) is 11.0. The first kappa shape index (κ1) is 25.4. The van der Waals surface area contributed by atoms with Crippen LogP contribution in [0.4, 0.5) is 5.13 Å². The van der Waals surface area contributed by atoms with Crippen LogP contribution in [0.15, 0.2) is 76.1 Å². The molecule has 8 heteroatoms. The Hall–Kier alpha value is -4.30. The molecule has 2 heterocycles. The van der Waals surface area contributed by atoms with E-state index in [4.69, 9.17) is 33.3 Å². The Morgan fingerprint density at radius 3 is 2.26 bits per heavy atom. The number of hydrogen-bond donors (Lipinski definition) is 0. The fraction of sp³-hybridized carbons (Fsp3) is 0.200. The standard InChI is InChI=1S/C30H28N2O5S/c1-6-36-22-12-14-25-23(16-22)24(17-27(37-25)19-7-10-21(33-3)11-8-19)31-30-32-29(18(2)38-30)20-9-13-26(34-4)28(15-20)35-5/h7-17H,6H2,1-5H3. The lowest BCUT2D eigenvalue weighted by Gasteiger charge is -2.08. The van der Waals surface area contributed by atoms with Crippen LogP contribution < -0.4 is 24.3 Å². The van der Waals surface area contributed by atoms with Gasteiger partial charge in [-0.1, -0.05) is 11.3 Å². The number of fused-ring (bicyclic) bond motifs is 1. The third kappa shape index (κ3) is 5.08. The second-order valence-electron chi connectivity index (χ2n) is 8.40. The van der Waals surface area contributed by atoms with Gasteiger partial charge < -0.3 is 23.4 Å². The van der Waals surface area contributed by atoms with Gasteiger partial charge in [0.05, 0.1) is 39.0 Å². The van der Waals surface area contributed by atoms with Crippen LogP contribution in [0.25, 0.3) is 33.6 Å². The van der Waals surface area contributed by atoms with Gasteiger partial charge in [-0.15, -0.1) is 0 Å². The van der Waals surface area contributed by atoms with E-state index in [1.807, 2.05) is 80.6 Å². The first-order valence-electron chi connectivity index (χ1n) is 12.1. The summed E-state index contributed by atoms with van der Waals surface area (Å²) in [6.07, 6.45) is 0. The van der Waals surface area contributed by atoms with Gasteiger partial charge in [0.15, 0.2) is 11.5 Å². The summed E-state index contributed by atoms with van der Waals surface area (Å²) in [5.74, 6) is 3.55. The maximum atomic E-state index is 6.28. The summed E-state index contributed by atoms with van der Waals surface area (Å²) in [6.45, 7) is 4.57. The third-order valence-corrected chi connectivity index (χ3v) is 6.92. The molecular weight excluding hydrogens is 500 g/mol. The number of methoxy groups -OCH3 is 3. The predicted octanol–water partition coefficient (Wildman–Crippen LogP) is 7.19. The molecule has 2 aromatic heterocycles. The van der Waals surface area contributed by atoms with E-state index in [2.05, 4.69) is 0 Å². The summed E-state index contributed by atoms with van der Waals surface area (Å²) in [7, 11) is 4.89. The first-order chi connectivity index (χ1) is 18.5. The Morgan fingerprint density at radius 1 is 0.816 bits per heavy atom.